The van der Waals surface area contributed by atoms with Gasteiger partial charge in [0.15, 0.2) is 5.76 Å². The van der Waals surface area contributed by atoms with Gasteiger partial charge >= 0.3 is 0 Å². The van der Waals surface area contributed by atoms with Gasteiger partial charge in [0.1, 0.15) is 5.52 Å². The summed E-state index contributed by atoms with van der Waals surface area (Å²) in [4.78, 5) is 4.93. The molecule has 0 spiro atoms. The summed E-state index contributed by atoms with van der Waals surface area (Å²) in [6.45, 7) is 0. The monoisotopic (exact) mass is 322 g/mol. The third kappa shape index (κ3) is 2.21. The van der Waals surface area contributed by atoms with Gasteiger partial charge in [0, 0.05) is 16.5 Å². The van der Waals surface area contributed by atoms with Crippen LogP contribution in [0.2, 0.25) is 0 Å². The molecule has 0 amide bonds. The number of benzene rings is 3. The van der Waals surface area contributed by atoms with E-state index in [0.29, 0.717) is 0 Å². The molecule has 3 heteroatoms. The van der Waals surface area contributed by atoms with Crippen LogP contribution in [0.5, 0.6) is 0 Å². The summed E-state index contributed by atoms with van der Waals surface area (Å²) in [6, 6.07) is 28.3. The molecule has 0 aliphatic rings. The second-order valence-electron chi connectivity index (χ2n) is 5.94. The summed E-state index contributed by atoms with van der Waals surface area (Å²) >= 11 is 0. The van der Waals surface area contributed by atoms with E-state index in [4.69, 9.17) is 9.51 Å². The first-order valence-electron chi connectivity index (χ1n) is 8.21. The predicted octanol–water partition coefficient (Wildman–Crippen LogP) is 5.71. The highest BCUT2D eigenvalue weighted by Crippen LogP contribution is 2.38. The number of rotatable bonds is 2. The normalized spacial score (nSPS) is 11.2. The summed E-state index contributed by atoms with van der Waals surface area (Å²) in [5.41, 5.74) is 4.72. The molecule has 0 aliphatic heterocycles. The van der Waals surface area contributed by atoms with Gasteiger partial charge in [0.2, 0.25) is 0 Å². The fourth-order valence-electron chi connectivity index (χ4n) is 3.23. The summed E-state index contributed by atoms with van der Waals surface area (Å²) in [5, 5.41) is 6.35. The van der Waals surface area contributed by atoms with Gasteiger partial charge in [-0.2, -0.15) is 0 Å². The quantitative estimate of drug-likeness (QED) is 0.418. The number of pyridine rings is 1. The smallest absolute Gasteiger partial charge is 0.176 e. The highest BCUT2D eigenvalue weighted by molar-refractivity contribution is 6.13. The predicted molar refractivity (Wildman–Crippen MR) is 100 cm³/mol. The Bertz CT molecular complexity index is 1180. The Hall–Kier alpha value is -3.46. The number of hydrogen-bond donors (Lipinski definition) is 0. The van der Waals surface area contributed by atoms with E-state index in [1.807, 2.05) is 72.8 Å². The van der Waals surface area contributed by atoms with Crippen LogP contribution < -0.4 is 0 Å². The van der Waals surface area contributed by atoms with E-state index in [2.05, 4.69) is 17.3 Å². The lowest BCUT2D eigenvalue weighted by atomic mass is 10.0. The Morgan fingerprint density at radius 3 is 2.04 bits per heavy atom. The lowest BCUT2D eigenvalue weighted by Gasteiger charge is -2.07. The van der Waals surface area contributed by atoms with E-state index in [0.717, 1.165) is 44.4 Å². The lowest BCUT2D eigenvalue weighted by molar-refractivity contribution is 0.441. The van der Waals surface area contributed by atoms with Gasteiger partial charge in [-0.05, 0) is 6.07 Å². The van der Waals surface area contributed by atoms with E-state index in [1.54, 1.807) is 0 Å². The average molecular weight is 322 g/mol. The number of para-hydroxylation sites is 1. The van der Waals surface area contributed by atoms with Crippen LogP contribution in [0, 0.1) is 0 Å². The molecule has 0 unspecified atom stereocenters. The van der Waals surface area contributed by atoms with Crippen LogP contribution in [0.4, 0.5) is 0 Å². The maximum atomic E-state index is 5.78. The van der Waals surface area contributed by atoms with Crippen molar-refractivity contribution < 1.29 is 4.52 Å². The van der Waals surface area contributed by atoms with Crippen molar-refractivity contribution in [1.82, 2.24) is 10.1 Å². The molecular formula is C22H14N2O. The van der Waals surface area contributed by atoms with Gasteiger partial charge in [0.25, 0.3) is 0 Å². The van der Waals surface area contributed by atoms with E-state index in [9.17, 15) is 0 Å². The summed E-state index contributed by atoms with van der Waals surface area (Å²) in [5.74, 6) is 0.757. The first kappa shape index (κ1) is 13.9. The largest absolute Gasteiger partial charge is 0.355 e. The summed E-state index contributed by atoms with van der Waals surface area (Å²) in [7, 11) is 0. The lowest BCUT2D eigenvalue weighted by Crippen LogP contribution is -1.89. The SMILES string of the molecule is c1ccc(-c2nc3ccccc3c3noc(-c4ccccc4)c23)cc1. The molecule has 0 atom stereocenters. The fraction of sp³-hybridized carbons (Fsp3) is 0. The van der Waals surface area contributed by atoms with Crippen molar-refractivity contribution >= 4 is 21.8 Å². The third-order valence-corrected chi connectivity index (χ3v) is 4.40. The molecule has 0 saturated heterocycles. The van der Waals surface area contributed by atoms with E-state index < -0.39 is 0 Å². The van der Waals surface area contributed by atoms with E-state index >= 15 is 0 Å². The molecule has 2 aromatic heterocycles. The second-order valence-corrected chi connectivity index (χ2v) is 5.94. The molecule has 0 radical (unpaired) electrons. The molecule has 5 rings (SSSR count). The fourth-order valence-corrected chi connectivity index (χ4v) is 3.23. The molecule has 0 saturated carbocycles. The molecule has 0 N–H and O–H groups in total. The van der Waals surface area contributed by atoms with Crippen molar-refractivity contribution in [1.29, 1.82) is 0 Å². The number of hydrogen-bond acceptors (Lipinski definition) is 3. The van der Waals surface area contributed by atoms with Crippen LogP contribution in [-0.4, -0.2) is 10.1 Å². The van der Waals surface area contributed by atoms with Crippen molar-refractivity contribution in [2.45, 2.75) is 0 Å². The van der Waals surface area contributed by atoms with Gasteiger partial charge in [-0.3, -0.25) is 0 Å². The van der Waals surface area contributed by atoms with Gasteiger partial charge in [-0.15, -0.1) is 0 Å². The molecule has 2 heterocycles. The van der Waals surface area contributed by atoms with Crippen LogP contribution >= 0.6 is 0 Å². The minimum Gasteiger partial charge on any atom is -0.355 e. The van der Waals surface area contributed by atoms with Crippen molar-refractivity contribution in [2.24, 2.45) is 0 Å². The number of nitrogens with zero attached hydrogens (tertiary/aromatic N) is 2. The zero-order valence-electron chi connectivity index (χ0n) is 13.4. The highest BCUT2D eigenvalue weighted by atomic mass is 16.5. The Balaban J connectivity index is 1.94. The van der Waals surface area contributed by atoms with E-state index in [1.165, 1.54) is 0 Å². The molecule has 0 fully saturated rings. The summed E-state index contributed by atoms with van der Waals surface area (Å²) < 4.78 is 5.78. The number of aromatic nitrogens is 2. The topological polar surface area (TPSA) is 38.9 Å². The van der Waals surface area contributed by atoms with Crippen LogP contribution in [0.3, 0.4) is 0 Å². The molecule has 3 nitrogen and oxygen atoms in total. The Morgan fingerprint density at radius 2 is 1.28 bits per heavy atom. The zero-order valence-corrected chi connectivity index (χ0v) is 13.4. The van der Waals surface area contributed by atoms with Crippen molar-refractivity contribution in [3.8, 4) is 22.6 Å². The van der Waals surface area contributed by atoms with Gasteiger partial charge in [0.05, 0.1) is 16.6 Å². The molecule has 25 heavy (non-hydrogen) atoms. The molecule has 5 aromatic rings. The molecular weight excluding hydrogens is 308 g/mol. The van der Waals surface area contributed by atoms with Gasteiger partial charge in [-0.1, -0.05) is 84.0 Å². The molecule has 0 bridgehead atoms. The first-order valence-corrected chi connectivity index (χ1v) is 8.21. The first-order chi connectivity index (χ1) is 12.4. The van der Waals surface area contributed by atoms with Gasteiger partial charge < -0.3 is 4.52 Å². The molecule has 0 aliphatic carbocycles. The summed E-state index contributed by atoms with van der Waals surface area (Å²) in [6.07, 6.45) is 0. The van der Waals surface area contributed by atoms with Gasteiger partial charge in [-0.25, -0.2) is 4.98 Å². The molecule has 118 valence electrons. The Labute approximate surface area is 144 Å². The standard InChI is InChI=1S/C22H14N2O/c1-3-9-15(10-4-1)20-19-21(17-13-7-8-14-18(17)23-20)24-25-22(19)16-11-5-2-6-12-16/h1-14H. The number of fused-ring (bicyclic) bond motifs is 3. The van der Waals surface area contributed by atoms with Crippen LogP contribution in [-0.2, 0) is 0 Å². The highest BCUT2D eigenvalue weighted by Gasteiger charge is 2.19. The second kappa shape index (κ2) is 5.56. The maximum absolute atomic E-state index is 5.78. The molecule has 3 aromatic carbocycles. The van der Waals surface area contributed by atoms with Crippen molar-refractivity contribution in [3.63, 3.8) is 0 Å². The Morgan fingerprint density at radius 1 is 0.640 bits per heavy atom. The van der Waals surface area contributed by atoms with Crippen LogP contribution in [0.1, 0.15) is 0 Å². The van der Waals surface area contributed by atoms with E-state index in [-0.39, 0.29) is 0 Å². The Kier molecular flexibility index (Phi) is 3.10. The maximum Gasteiger partial charge on any atom is 0.176 e. The zero-order chi connectivity index (χ0) is 16.6. The average Bonchev–Trinajstić information content (AvgIpc) is 3.14. The van der Waals surface area contributed by atoms with Crippen molar-refractivity contribution in [3.05, 3.63) is 84.9 Å². The van der Waals surface area contributed by atoms with Crippen molar-refractivity contribution in [2.75, 3.05) is 0 Å². The van der Waals surface area contributed by atoms with Crippen LogP contribution in [0.25, 0.3) is 44.4 Å². The minimum absolute atomic E-state index is 0.757. The van der Waals surface area contributed by atoms with Crippen LogP contribution in [0.15, 0.2) is 89.5 Å². The third-order valence-electron chi connectivity index (χ3n) is 4.40. The minimum atomic E-state index is 0.757.